The van der Waals surface area contributed by atoms with Crippen molar-refractivity contribution in [3.63, 3.8) is 0 Å². The van der Waals surface area contributed by atoms with Gasteiger partial charge in [-0.2, -0.15) is 0 Å². The highest BCUT2D eigenvalue weighted by Crippen LogP contribution is 2.28. The summed E-state index contributed by atoms with van der Waals surface area (Å²) in [6.45, 7) is 2.75. The minimum absolute atomic E-state index is 0.0456. The van der Waals surface area contributed by atoms with Gasteiger partial charge in [-0.15, -0.1) is 0 Å². The van der Waals surface area contributed by atoms with Gasteiger partial charge in [-0.05, 0) is 37.0 Å². The lowest BCUT2D eigenvalue weighted by Crippen LogP contribution is -2.48. The van der Waals surface area contributed by atoms with E-state index in [9.17, 15) is 9.90 Å². The summed E-state index contributed by atoms with van der Waals surface area (Å²) in [5.74, 6) is 0.795. The SMILES string of the molecule is O=C(c1cccc(O)c1)N1CCCC2CNCC21. The lowest BCUT2D eigenvalue weighted by atomic mass is 9.91. The second-order valence-corrected chi connectivity index (χ2v) is 5.18. The Morgan fingerprint density at radius 3 is 3.11 bits per heavy atom. The number of phenolic OH excluding ortho intramolecular Hbond substituents is 1. The van der Waals surface area contributed by atoms with Crippen molar-refractivity contribution >= 4 is 5.91 Å². The summed E-state index contributed by atoms with van der Waals surface area (Å²) in [4.78, 5) is 14.5. The Bertz CT molecular complexity index is 461. The maximum absolute atomic E-state index is 12.5. The molecule has 0 bridgehead atoms. The van der Waals surface area contributed by atoms with E-state index in [1.54, 1.807) is 24.3 Å². The highest BCUT2D eigenvalue weighted by molar-refractivity contribution is 5.95. The highest BCUT2D eigenvalue weighted by atomic mass is 16.3. The molecule has 2 fully saturated rings. The summed E-state index contributed by atoms with van der Waals surface area (Å²) >= 11 is 0. The van der Waals surface area contributed by atoms with Crippen molar-refractivity contribution in [2.75, 3.05) is 19.6 Å². The van der Waals surface area contributed by atoms with Crippen molar-refractivity contribution in [2.45, 2.75) is 18.9 Å². The van der Waals surface area contributed by atoms with Crippen molar-refractivity contribution in [3.8, 4) is 5.75 Å². The Hall–Kier alpha value is -1.55. The molecule has 3 rings (SSSR count). The number of nitrogens with one attached hydrogen (secondary N) is 1. The van der Waals surface area contributed by atoms with Crippen molar-refractivity contribution in [1.29, 1.82) is 0 Å². The number of rotatable bonds is 1. The van der Waals surface area contributed by atoms with Gasteiger partial charge in [-0.1, -0.05) is 6.07 Å². The van der Waals surface area contributed by atoms with Gasteiger partial charge in [-0.25, -0.2) is 0 Å². The first-order chi connectivity index (χ1) is 8.75. The summed E-state index contributed by atoms with van der Waals surface area (Å²) in [5, 5.41) is 12.8. The zero-order chi connectivity index (χ0) is 12.5. The topological polar surface area (TPSA) is 52.6 Å². The second kappa shape index (κ2) is 4.61. The van der Waals surface area contributed by atoms with E-state index in [0.717, 1.165) is 26.1 Å². The zero-order valence-electron chi connectivity index (χ0n) is 10.3. The van der Waals surface area contributed by atoms with Crippen LogP contribution in [-0.2, 0) is 0 Å². The summed E-state index contributed by atoms with van der Waals surface area (Å²) in [7, 11) is 0. The van der Waals surface area contributed by atoms with Crippen LogP contribution >= 0.6 is 0 Å². The molecule has 0 aliphatic carbocycles. The molecule has 1 aromatic rings. The molecule has 18 heavy (non-hydrogen) atoms. The largest absolute Gasteiger partial charge is 0.508 e. The third-order valence-corrected chi connectivity index (χ3v) is 4.03. The van der Waals surface area contributed by atoms with Crippen LogP contribution in [0.4, 0.5) is 0 Å². The van der Waals surface area contributed by atoms with Gasteiger partial charge in [0.05, 0.1) is 0 Å². The Labute approximate surface area is 107 Å². The van der Waals surface area contributed by atoms with Crippen LogP contribution in [-0.4, -0.2) is 41.6 Å². The number of carbonyl (C=O) groups excluding carboxylic acids is 1. The van der Waals surface area contributed by atoms with Crippen molar-refractivity contribution in [2.24, 2.45) is 5.92 Å². The summed E-state index contributed by atoms with van der Waals surface area (Å²) in [6.07, 6.45) is 2.29. The molecule has 0 saturated carbocycles. The maximum Gasteiger partial charge on any atom is 0.254 e. The molecule has 2 aliphatic heterocycles. The van der Waals surface area contributed by atoms with Gasteiger partial charge in [0.2, 0.25) is 0 Å². The lowest BCUT2D eigenvalue weighted by Gasteiger charge is -2.37. The van der Waals surface area contributed by atoms with Gasteiger partial charge in [0, 0.05) is 31.2 Å². The van der Waals surface area contributed by atoms with E-state index in [2.05, 4.69) is 5.32 Å². The van der Waals surface area contributed by atoms with E-state index in [-0.39, 0.29) is 11.7 Å². The standard InChI is InChI=1S/C14H18N2O2/c17-12-5-1-3-10(7-12)14(18)16-6-2-4-11-8-15-9-13(11)16/h1,3,5,7,11,13,15,17H,2,4,6,8-9H2. The first kappa shape index (κ1) is 11.5. The molecule has 0 radical (unpaired) electrons. The van der Waals surface area contributed by atoms with Crippen LogP contribution in [0.1, 0.15) is 23.2 Å². The average molecular weight is 246 g/mol. The molecule has 2 N–H and O–H groups in total. The number of hydrogen-bond donors (Lipinski definition) is 2. The molecule has 1 aromatic carbocycles. The molecule has 2 unspecified atom stereocenters. The number of phenols is 1. The molecule has 96 valence electrons. The number of benzene rings is 1. The normalized spacial score (nSPS) is 27.0. The van der Waals surface area contributed by atoms with E-state index < -0.39 is 0 Å². The molecule has 2 saturated heterocycles. The highest BCUT2D eigenvalue weighted by Gasteiger charge is 2.37. The van der Waals surface area contributed by atoms with Crippen LogP contribution in [0.5, 0.6) is 5.75 Å². The van der Waals surface area contributed by atoms with Crippen LogP contribution in [0.3, 0.4) is 0 Å². The van der Waals surface area contributed by atoms with Gasteiger partial charge < -0.3 is 15.3 Å². The molecule has 4 nitrogen and oxygen atoms in total. The second-order valence-electron chi connectivity index (χ2n) is 5.18. The Morgan fingerprint density at radius 2 is 2.28 bits per heavy atom. The van der Waals surface area contributed by atoms with E-state index in [0.29, 0.717) is 17.5 Å². The van der Waals surface area contributed by atoms with E-state index >= 15 is 0 Å². The van der Waals surface area contributed by atoms with Gasteiger partial charge in [0.1, 0.15) is 5.75 Å². The number of amides is 1. The van der Waals surface area contributed by atoms with Gasteiger partial charge in [0.25, 0.3) is 5.91 Å². The Kier molecular flexibility index (Phi) is 2.96. The number of likely N-dealkylation sites (tertiary alicyclic amines) is 1. The zero-order valence-corrected chi connectivity index (χ0v) is 10.3. The van der Waals surface area contributed by atoms with Crippen LogP contribution in [0, 0.1) is 5.92 Å². The summed E-state index contributed by atoms with van der Waals surface area (Å²) in [5.41, 5.74) is 0.586. The predicted octanol–water partition coefficient (Wildman–Crippen LogP) is 1.22. The van der Waals surface area contributed by atoms with Crippen LogP contribution in [0.15, 0.2) is 24.3 Å². The number of carbonyl (C=O) groups is 1. The average Bonchev–Trinajstić information content (AvgIpc) is 2.86. The fourth-order valence-electron chi connectivity index (χ4n) is 3.12. The number of piperidine rings is 1. The van der Waals surface area contributed by atoms with Crippen LogP contribution < -0.4 is 5.32 Å². The Morgan fingerprint density at radius 1 is 1.39 bits per heavy atom. The van der Waals surface area contributed by atoms with Crippen molar-refractivity contribution in [3.05, 3.63) is 29.8 Å². The van der Waals surface area contributed by atoms with Crippen LogP contribution in [0.25, 0.3) is 0 Å². The smallest absolute Gasteiger partial charge is 0.254 e. The molecular formula is C14H18N2O2. The monoisotopic (exact) mass is 246 g/mol. The summed E-state index contributed by atoms with van der Waals surface area (Å²) < 4.78 is 0. The minimum atomic E-state index is 0.0456. The van der Waals surface area contributed by atoms with E-state index in [1.165, 1.54) is 6.42 Å². The maximum atomic E-state index is 12.5. The molecule has 4 heteroatoms. The number of hydrogen-bond acceptors (Lipinski definition) is 3. The number of nitrogens with zero attached hydrogens (tertiary/aromatic N) is 1. The third-order valence-electron chi connectivity index (χ3n) is 4.03. The first-order valence-corrected chi connectivity index (χ1v) is 6.56. The quantitative estimate of drug-likeness (QED) is 0.783. The summed E-state index contributed by atoms with van der Waals surface area (Å²) in [6, 6.07) is 6.96. The third kappa shape index (κ3) is 1.97. The molecule has 0 spiro atoms. The van der Waals surface area contributed by atoms with E-state index in [4.69, 9.17) is 0 Å². The molecule has 2 heterocycles. The fraction of sp³-hybridized carbons (Fsp3) is 0.500. The van der Waals surface area contributed by atoms with Crippen molar-refractivity contribution in [1.82, 2.24) is 10.2 Å². The Balaban J connectivity index is 1.83. The molecule has 1 amide bonds. The first-order valence-electron chi connectivity index (χ1n) is 6.56. The van der Waals surface area contributed by atoms with Gasteiger partial charge >= 0.3 is 0 Å². The molecule has 2 aliphatic rings. The molecule has 2 atom stereocenters. The molecular weight excluding hydrogens is 228 g/mol. The van der Waals surface area contributed by atoms with Gasteiger partial charge in [0.15, 0.2) is 0 Å². The molecule has 0 aromatic heterocycles. The lowest BCUT2D eigenvalue weighted by molar-refractivity contribution is 0.0574. The predicted molar refractivity (Wildman–Crippen MR) is 68.5 cm³/mol. The van der Waals surface area contributed by atoms with Crippen LogP contribution in [0.2, 0.25) is 0 Å². The number of aromatic hydroxyl groups is 1. The number of fused-ring (bicyclic) bond motifs is 1. The van der Waals surface area contributed by atoms with E-state index in [1.807, 2.05) is 4.90 Å². The minimum Gasteiger partial charge on any atom is -0.508 e. The fourth-order valence-corrected chi connectivity index (χ4v) is 3.12. The van der Waals surface area contributed by atoms with Gasteiger partial charge in [-0.3, -0.25) is 4.79 Å². The van der Waals surface area contributed by atoms with Crippen molar-refractivity contribution < 1.29 is 9.90 Å².